The van der Waals surface area contributed by atoms with Crippen LogP contribution < -0.4 is 5.73 Å². The van der Waals surface area contributed by atoms with E-state index in [9.17, 15) is 9.59 Å². The van der Waals surface area contributed by atoms with E-state index in [4.69, 9.17) is 10.8 Å². The summed E-state index contributed by atoms with van der Waals surface area (Å²) < 4.78 is 1.17. The molecule has 7 heteroatoms. The summed E-state index contributed by atoms with van der Waals surface area (Å²) in [5.41, 5.74) is 4.86. The first-order valence-electron chi connectivity index (χ1n) is 3.07. The lowest BCUT2D eigenvalue weighted by Gasteiger charge is -2.14. The quantitative estimate of drug-likeness (QED) is 0.730. The summed E-state index contributed by atoms with van der Waals surface area (Å²) in [5, 5.41) is 8.60. The molecule has 12 heavy (non-hydrogen) atoms. The van der Waals surface area contributed by atoms with Crippen LogP contribution in [-0.4, -0.2) is 26.0 Å². The molecule has 0 aliphatic rings. The van der Waals surface area contributed by atoms with E-state index in [1.54, 1.807) is 0 Å². The standard InChI is InChI=1S/C5H8Br2N2O3/c6-9(7)3(5(11)12)1-2-4(8)10/h3H,1-2H2,(H2,8,10)(H,11,12)/t3-/m0/s1. The first-order chi connectivity index (χ1) is 5.45. The number of hydrogen-bond donors (Lipinski definition) is 2. The van der Waals surface area contributed by atoms with Crippen molar-refractivity contribution < 1.29 is 14.7 Å². The van der Waals surface area contributed by atoms with Crippen molar-refractivity contribution in [2.45, 2.75) is 18.9 Å². The smallest absolute Gasteiger partial charge is 0.322 e. The van der Waals surface area contributed by atoms with Gasteiger partial charge in [-0.3, -0.25) is 9.59 Å². The molecule has 5 nitrogen and oxygen atoms in total. The number of carbonyl (C=O) groups is 2. The second-order valence-corrected chi connectivity index (χ2v) is 4.60. The first-order valence-corrected chi connectivity index (χ1v) is 4.49. The Morgan fingerprint density at radius 1 is 1.50 bits per heavy atom. The van der Waals surface area contributed by atoms with Gasteiger partial charge in [0.25, 0.3) is 0 Å². The summed E-state index contributed by atoms with van der Waals surface area (Å²) in [7, 11) is 0. The Labute approximate surface area is 86.6 Å². The molecule has 0 aliphatic heterocycles. The number of aliphatic carboxylic acids is 1. The lowest BCUT2D eigenvalue weighted by Crippen LogP contribution is -2.30. The van der Waals surface area contributed by atoms with E-state index in [2.05, 4.69) is 32.3 Å². The SMILES string of the molecule is NC(=O)CC[C@@H](C(=O)O)N(Br)Br. The summed E-state index contributed by atoms with van der Waals surface area (Å²) >= 11 is 5.82. The van der Waals surface area contributed by atoms with Gasteiger partial charge in [-0.25, -0.2) is 0 Å². The van der Waals surface area contributed by atoms with Gasteiger partial charge in [-0.15, -0.1) is 0 Å². The number of amides is 1. The number of carboxylic acid groups (broad SMARTS) is 1. The molecule has 1 amide bonds. The van der Waals surface area contributed by atoms with E-state index in [0.29, 0.717) is 0 Å². The van der Waals surface area contributed by atoms with Gasteiger partial charge in [0, 0.05) is 38.7 Å². The molecule has 0 bridgehead atoms. The minimum Gasteiger partial charge on any atom is -0.480 e. The van der Waals surface area contributed by atoms with Crippen LogP contribution in [0.2, 0.25) is 0 Å². The van der Waals surface area contributed by atoms with Crippen LogP contribution in [0.5, 0.6) is 0 Å². The van der Waals surface area contributed by atoms with Gasteiger partial charge in [0.15, 0.2) is 0 Å². The van der Waals surface area contributed by atoms with Gasteiger partial charge in [0.2, 0.25) is 5.91 Å². The van der Waals surface area contributed by atoms with Gasteiger partial charge in [0.1, 0.15) is 6.04 Å². The average Bonchev–Trinajstić information content (AvgIpc) is 1.84. The number of carbonyl (C=O) groups excluding carboxylic acids is 1. The Kier molecular flexibility index (Phi) is 5.43. The normalized spacial score (nSPS) is 12.9. The zero-order valence-corrected chi connectivity index (χ0v) is 9.21. The zero-order chi connectivity index (χ0) is 9.72. The molecule has 0 saturated carbocycles. The van der Waals surface area contributed by atoms with Crippen molar-refractivity contribution in [2.24, 2.45) is 5.73 Å². The maximum atomic E-state index is 10.5. The van der Waals surface area contributed by atoms with Gasteiger partial charge >= 0.3 is 5.97 Å². The van der Waals surface area contributed by atoms with Crippen molar-refractivity contribution in [3.8, 4) is 0 Å². The van der Waals surface area contributed by atoms with E-state index >= 15 is 0 Å². The predicted octanol–water partition coefficient (Wildman–Crippen LogP) is 0.627. The number of hydrogen-bond acceptors (Lipinski definition) is 3. The molecule has 70 valence electrons. The molecule has 0 aliphatic carbocycles. The van der Waals surface area contributed by atoms with Crippen molar-refractivity contribution in [1.82, 2.24) is 2.95 Å². The largest absolute Gasteiger partial charge is 0.480 e. The average molecular weight is 304 g/mol. The Morgan fingerprint density at radius 2 is 2.00 bits per heavy atom. The van der Waals surface area contributed by atoms with Crippen LogP contribution in [0.4, 0.5) is 0 Å². The van der Waals surface area contributed by atoms with Gasteiger partial charge in [-0.05, 0) is 6.42 Å². The van der Waals surface area contributed by atoms with Crippen molar-refractivity contribution in [3.05, 3.63) is 0 Å². The second kappa shape index (κ2) is 5.50. The molecule has 0 aromatic carbocycles. The van der Waals surface area contributed by atoms with Crippen LogP contribution in [0.1, 0.15) is 12.8 Å². The minimum atomic E-state index is -1.02. The van der Waals surface area contributed by atoms with Crippen LogP contribution in [0.25, 0.3) is 0 Å². The van der Waals surface area contributed by atoms with Gasteiger partial charge in [-0.1, -0.05) is 0 Å². The number of rotatable bonds is 5. The first kappa shape index (κ1) is 11.9. The van der Waals surface area contributed by atoms with Crippen LogP contribution >= 0.6 is 32.3 Å². The zero-order valence-electron chi connectivity index (χ0n) is 6.04. The highest BCUT2D eigenvalue weighted by molar-refractivity contribution is 9.21. The van der Waals surface area contributed by atoms with E-state index in [1.807, 2.05) is 0 Å². The number of nitrogens with two attached hydrogens (primary N) is 1. The third-order valence-corrected chi connectivity index (χ3v) is 2.17. The Balaban J connectivity index is 3.97. The summed E-state index contributed by atoms with van der Waals surface area (Å²) in [6.07, 6.45) is 0.214. The molecular weight excluding hydrogens is 296 g/mol. The van der Waals surface area contributed by atoms with Crippen LogP contribution in [0.3, 0.4) is 0 Å². The fraction of sp³-hybridized carbons (Fsp3) is 0.600. The maximum Gasteiger partial charge on any atom is 0.322 e. The van der Waals surface area contributed by atoms with Crippen molar-refractivity contribution in [1.29, 1.82) is 0 Å². The van der Waals surface area contributed by atoms with Crippen molar-refractivity contribution >= 4 is 44.2 Å². The Hall–Kier alpha value is -0.140. The summed E-state index contributed by atoms with van der Waals surface area (Å²) in [4.78, 5) is 20.8. The van der Waals surface area contributed by atoms with Crippen molar-refractivity contribution in [3.63, 3.8) is 0 Å². The highest BCUT2D eigenvalue weighted by Gasteiger charge is 2.22. The summed E-state index contributed by atoms with van der Waals surface area (Å²) in [6, 6.07) is -0.794. The minimum absolute atomic E-state index is 0.0463. The number of nitrogens with zero attached hydrogens (tertiary/aromatic N) is 1. The highest BCUT2D eigenvalue weighted by atomic mass is 79.9. The molecule has 0 aromatic heterocycles. The van der Waals surface area contributed by atoms with Crippen molar-refractivity contribution in [2.75, 3.05) is 0 Å². The van der Waals surface area contributed by atoms with Gasteiger partial charge in [-0.2, -0.15) is 2.95 Å². The number of halogens is 2. The van der Waals surface area contributed by atoms with Crippen LogP contribution in [0, 0.1) is 0 Å². The molecule has 0 unspecified atom stereocenters. The molecule has 0 heterocycles. The van der Waals surface area contributed by atoms with Crippen LogP contribution in [-0.2, 0) is 9.59 Å². The molecule has 0 fully saturated rings. The Bertz CT molecular complexity index is 186. The highest BCUT2D eigenvalue weighted by Crippen LogP contribution is 2.16. The molecule has 3 N–H and O–H groups in total. The molecule has 0 spiro atoms. The monoisotopic (exact) mass is 302 g/mol. The Morgan fingerprint density at radius 3 is 2.25 bits per heavy atom. The molecule has 0 radical (unpaired) electrons. The van der Waals surface area contributed by atoms with E-state index < -0.39 is 17.9 Å². The lowest BCUT2D eigenvalue weighted by atomic mass is 10.2. The van der Waals surface area contributed by atoms with Gasteiger partial charge < -0.3 is 10.8 Å². The second-order valence-electron chi connectivity index (χ2n) is 2.12. The summed E-state index contributed by atoms with van der Waals surface area (Å²) in [5.74, 6) is -1.53. The fourth-order valence-electron chi connectivity index (χ4n) is 0.584. The molecule has 0 rings (SSSR count). The maximum absolute atomic E-state index is 10.5. The topological polar surface area (TPSA) is 83.6 Å². The number of primary amides is 1. The fourth-order valence-corrected chi connectivity index (χ4v) is 1.34. The third-order valence-electron chi connectivity index (χ3n) is 1.18. The molecular formula is C5H8Br2N2O3. The number of carboxylic acids is 1. The van der Waals surface area contributed by atoms with Gasteiger partial charge in [0.05, 0.1) is 0 Å². The van der Waals surface area contributed by atoms with E-state index in [1.165, 1.54) is 2.95 Å². The van der Waals surface area contributed by atoms with Crippen LogP contribution in [0.15, 0.2) is 0 Å². The molecule has 0 aromatic rings. The molecule has 1 atom stereocenters. The van der Waals surface area contributed by atoms with E-state index in [0.717, 1.165) is 0 Å². The van der Waals surface area contributed by atoms with E-state index in [-0.39, 0.29) is 12.8 Å². The molecule has 0 saturated heterocycles. The predicted molar refractivity (Wildman–Crippen MR) is 49.5 cm³/mol. The third kappa shape index (κ3) is 4.68. The summed E-state index contributed by atoms with van der Waals surface area (Å²) in [6.45, 7) is 0. The lowest BCUT2D eigenvalue weighted by molar-refractivity contribution is -0.140.